The molecule has 0 bridgehead atoms. The van der Waals surface area contributed by atoms with E-state index in [1.807, 2.05) is 37.3 Å². The van der Waals surface area contributed by atoms with Crippen molar-refractivity contribution in [2.75, 3.05) is 6.54 Å². The van der Waals surface area contributed by atoms with Gasteiger partial charge in [0.15, 0.2) is 0 Å². The van der Waals surface area contributed by atoms with Gasteiger partial charge in [-0.3, -0.25) is 4.79 Å². The average molecular weight is 240 g/mol. The topological polar surface area (TPSA) is 29.1 Å². The van der Waals surface area contributed by atoms with Crippen LogP contribution in [-0.4, -0.2) is 17.8 Å². The fraction of sp³-hybridized carbons (Fsp3) is 0.462. The third-order valence-electron chi connectivity index (χ3n) is 2.31. The molecule has 3 heteroatoms. The molecule has 0 spiro atoms. The van der Waals surface area contributed by atoms with Crippen molar-refractivity contribution in [3.8, 4) is 0 Å². The number of amides is 1. The molecule has 1 atom stereocenters. The Morgan fingerprint density at radius 1 is 1.38 bits per heavy atom. The summed E-state index contributed by atoms with van der Waals surface area (Å²) in [5.41, 5.74) is 1.05. The standard InChI is InChI=1S/C13H18ClNO/c1-11(14)6-5-9-15-13(16)10-12-7-3-2-4-8-12/h2-4,7-8,11H,5-6,9-10H2,1H3,(H,15,16). The summed E-state index contributed by atoms with van der Waals surface area (Å²) in [5.74, 6) is 0.0772. The largest absolute Gasteiger partial charge is 0.356 e. The number of carbonyl (C=O) groups is 1. The summed E-state index contributed by atoms with van der Waals surface area (Å²) in [6.07, 6.45) is 2.33. The molecule has 0 aliphatic carbocycles. The summed E-state index contributed by atoms with van der Waals surface area (Å²) in [4.78, 5) is 11.5. The molecule has 2 nitrogen and oxygen atoms in total. The van der Waals surface area contributed by atoms with Gasteiger partial charge in [0.05, 0.1) is 6.42 Å². The van der Waals surface area contributed by atoms with Crippen LogP contribution in [0.25, 0.3) is 0 Å². The van der Waals surface area contributed by atoms with Gasteiger partial charge < -0.3 is 5.32 Å². The van der Waals surface area contributed by atoms with E-state index in [4.69, 9.17) is 11.6 Å². The number of nitrogens with one attached hydrogen (secondary N) is 1. The van der Waals surface area contributed by atoms with Crippen LogP contribution >= 0.6 is 11.6 Å². The van der Waals surface area contributed by atoms with E-state index in [2.05, 4.69) is 5.32 Å². The quantitative estimate of drug-likeness (QED) is 0.600. The smallest absolute Gasteiger partial charge is 0.224 e. The molecule has 0 heterocycles. The lowest BCUT2D eigenvalue weighted by Crippen LogP contribution is -2.26. The fourth-order valence-electron chi connectivity index (χ4n) is 1.45. The molecule has 0 saturated carbocycles. The lowest BCUT2D eigenvalue weighted by atomic mass is 10.1. The van der Waals surface area contributed by atoms with Crippen LogP contribution in [0.1, 0.15) is 25.3 Å². The SMILES string of the molecule is CC(Cl)CCCNC(=O)Cc1ccccc1. The van der Waals surface area contributed by atoms with E-state index in [1.165, 1.54) is 0 Å². The maximum atomic E-state index is 11.5. The molecule has 1 aromatic carbocycles. The summed E-state index contributed by atoms with van der Waals surface area (Å²) in [5, 5.41) is 3.08. The van der Waals surface area contributed by atoms with E-state index in [1.54, 1.807) is 0 Å². The molecule has 0 saturated heterocycles. The normalized spacial score (nSPS) is 12.1. The predicted molar refractivity (Wildman–Crippen MR) is 67.7 cm³/mol. The second kappa shape index (κ2) is 7.29. The highest BCUT2D eigenvalue weighted by Gasteiger charge is 2.02. The molecule has 1 amide bonds. The van der Waals surface area contributed by atoms with Crippen LogP contribution in [0.15, 0.2) is 30.3 Å². The maximum Gasteiger partial charge on any atom is 0.224 e. The van der Waals surface area contributed by atoms with Crippen molar-refractivity contribution in [2.45, 2.75) is 31.6 Å². The first-order chi connectivity index (χ1) is 7.68. The first-order valence-corrected chi connectivity index (χ1v) is 6.07. The zero-order chi connectivity index (χ0) is 11.8. The second-order valence-corrected chi connectivity index (χ2v) is 4.68. The summed E-state index contributed by atoms with van der Waals surface area (Å²) in [6, 6.07) is 9.75. The van der Waals surface area contributed by atoms with Gasteiger partial charge in [0.25, 0.3) is 0 Å². The monoisotopic (exact) mass is 239 g/mol. The highest BCUT2D eigenvalue weighted by atomic mass is 35.5. The van der Waals surface area contributed by atoms with Crippen molar-refractivity contribution in [3.63, 3.8) is 0 Å². The first kappa shape index (κ1) is 13.0. The van der Waals surface area contributed by atoms with Gasteiger partial charge in [-0.1, -0.05) is 30.3 Å². The third-order valence-corrected chi connectivity index (χ3v) is 2.53. The Bertz CT molecular complexity index is 311. The lowest BCUT2D eigenvalue weighted by molar-refractivity contribution is -0.120. The Morgan fingerprint density at radius 3 is 2.69 bits per heavy atom. The van der Waals surface area contributed by atoms with Gasteiger partial charge in [0.1, 0.15) is 0 Å². The molecule has 88 valence electrons. The predicted octanol–water partition coefficient (Wildman–Crippen LogP) is 2.75. The Hall–Kier alpha value is -1.02. The molecular formula is C13H18ClNO. The van der Waals surface area contributed by atoms with Gasteiger partial charge in [0.2, 0.25) is 5.91 Å². The highest BCUT2D eigenvalue weighted by molar-refractivity contribution is 6.20. The molecule has 1 rings (SSSR count). The number of benzene rings is 1. The highest BCUT2D eigenvalue weighted by Crippen LogP contribution is 2.03. The molecular weight excluding hydrogens is 222 g/mol. The Balaban J connectivity index is 2.17. The van der Waals surface area contributed by atoms with Crippen molar-refractivity contribution in [1.29, 1.82) is 0 Å². The molecule has 16 heavy (non-hydrogen) atoms. The summed E-state index contributed by atoms with van der Waals surface area (Å²) >= 11 is 5.81. The van der Waals surface area contributed by atoms with Crippen molar-refractivity contribution >= 4 is 17.5 Å². The fourth-order valence-corrected chi connectivity index (χ4v) is 1.61. The molecule has 1 unspecified atom stereocenters. The van der Waals surface area contributed by atoms with Gasteiger partial charge in [-0.2, -0.15) is 0 Å². The number of alkyl halides is 1. The number of hydrogen-bond acceptors (Lipinski definition) is 1. The van der Waals surface area contributed by atoms with Crippen LogP contribution in [-0.2, 0) is 11.2 Å². The van der Waals surface area contributed by atoms with Gasteiger partial charge >= 0.3 is 0 Å². The number of rotatable bonds is 6. The number of halogens is 1. The minimum Gasteiger partial charge on any atom is -0.356 e. The molecule has 0 radical (unpaired) electrons. The van der Waals surface area contributed by atoms with Crippen LogP contribution in [0.3, 0.4) is 0 Å². The van der Waals surface area contributed by atoms with E-state index in [9.17, 15) is 4.79 Å². The van der Waals surface area contributed by atoms with E-state index in [0.29, 0.717) is 13.0 Å². The van der Waals surface area contributed by atoms with Crippen LogP contribution in [0.4, 0.5) is 0 Å². The van der Waals surface area contributed by atoms with Crippen LogP contribution < -0.4 is 5.32 Å². The molecule has 0 aromatic heterocycles. The average Bonchev–Trinajstić information content (AvgIpc) is 2.25. The van der Waals surface area contributed by atoms with Gasteiger partial charge in [-0.15, -0.1) is 11.6 Å². The van der Waals surface area contributed by atoms with Gasteiger partial charge in [-0.05, 0) is 25.3 Å². The Morgan fingerprint density at radius 2 is 2.06 bits per heavy atom. The van der Waals surface area contributed by atoms with Crippen molar-refractivity contribution < 1.29 is 4.79 Å². The summed E-state index contributed by atoms with van der Waals surface area (Å²) in [7, 11) is 0. The van der Waals surface area contributed by atoms with Gasteiger partial charge in [-0.25, -0.2) is 0 Å². The Labute approximate surface area is 102 Å². The summed E-state index contributed by atoms with van der Waals surface area (Å²) < 4.78 is 0. The van der Waals surface area contributed by atoms with E-state index < -0.39 is 0 Å². The molecule has 0 aliphatic heterocycles. The number of hydrogen-bond donors (Lipinski definition) is 1. The van der Waals surface area contributed by atoms with Crippen LogP contribution in [0, 0.1) is 0 Å². The van der Waals surface area contributed by atoms with E-state index in [0.717, 1.165) is 18.4 Å². The van der Waals surface area contributed by atoms with Crippen LogP contribution in [0.5, 0.6) is 0 Å². The second-order valence-electron chi connectivity index (χ2n) is 3.94. The summed E-state index contributed by atoms with van der Waals surface area (Å²) in [6.45, 7) is 2.68. The minimum atomic E-state index is 0.0772. The maximum absolute atomic E-state index is 11.5. The molecule has 0 aliphatic rings. The lowest BCUT2D eigenvalue weighted by Gasteiger charge is -2.06. The van der Waals surface area contributed by atoms with Crippen molar-refractivity contribution in [2.24, 2.45) is 0 Å². The first-order valence-electron chi connectivity index (χ1n) is 5.63. The zero-order valence-corrected chi connectivity index (χ0v) is 10.3. The number of carbonyl (C=O) groups excluding carboxylic acids is 1. The van der Waals surface area contributed by atoms with Crippen molar-refractivity contribution in [1.82, 2.24) is 5.32 Å². The molecule has 0 fully saturated rings. The third kappa shape index (κ3) is 5.76. The van der Waals surface area contributed by atoms with E-state index in [-0.39, 0.29) is 11.3 Å². The molecule has 1 N–H and O–H groups in total. The molecule has 1 aromatic rings. The zero-order valence-electron chi connectivity index (χ0n) is 9.58. The van der Waals surface area contributed by atoms with Gasteiger partial charge in [0, 0.05) is 11.9 Å². The van der Waals surface area contributed by atoms with E-state index >= 15 is 0 Å². The van der Waals surface area contributed by atoms with Crippen LogP contribution in [0.2, 0.25) is 0 Å². The minimum absolute atomic E-state index is 0.0772. The Kier molecular flexibility index (Phi) is 5.94. The van der Waals surface area contributed by atoms with Crippen molar-refractivity contribution in [3.05, 3.63) is 35.9 Å².